The molecule has 2 rings (SSSR count). The molecule has 11 heavy (non-hydrogen) atoms. The number of pyridine rings is 2. The minimum Gasteiger partial charge on any atom is -0.236 e. The molecule has 2 aromatic rings. The van der Waals surface area contributed by atoms with E-state index in [1.807, 2.05) is 0 Å². The highest BCUT2D eigenvalue weighted by Gasteiger charge is 1.95. The maximum absolute atomic E-state index is 12.5. The van der Waals surface area contributed by atoms with E-state index in [0.29, 0.717) is 11.0 Å². The lowest BCUT2D eigenvalue weighted by atomic mass is 10.3. The van der Waals surface area contributed by atoms with Crippen LogP contribution in [0.3, 0.4) is 0 Å². The third-order valence-corrected chi connectivity index (χ3v) is 1.36. The van der Waals surface area contributed by atoms with E-state index < -0.39 is 0 Å². The van der Waals surface area contributed by atoms with Gasteiger partial charge in [-0.25, -0.2) is 14.4 Å². The molecule has 1 radical (unpaired) electrons. The van der Waals surface area contributed by atoms with Crippen molar-refractivity contribution in [3.8, 4) is 0 Å². The molecule has 0 atom stereocenters. The molecule has 0 fully saturated rings. The average molecular weight is 147 g/mol. The van der Waals surface area contributed by atoms with E-state index in [-0.39, 0.29) is 5.82 Å². The van der Waals surface area contributed by atoms with E-state index in [1.54, 1.807) is 6.07 Å². The first kappa shape index (κ1) is 6.22. The summed E-state index contributed by atoms with van der Waals surface area (Å²) in [6.07, 6.45) is 2.66. The number of aromatic nitrogens is 2. The summed E-state index contributed by atoms with van der Waals surface area (Å²) in [6, 6.07) is 5.78. The number of nitrogens with zero attached hydrogens (tertiary/aromatic N) is 2. The van der Waals surface area contributed by atoms with Gasteiger partial charge in [0, 0.05) is 17.6 Å². The van der Waals surface area contributed by atoms with Crippen molar-refractivity contribution in [1.82, 2.24) is 9.97 Å². The Hall–Kier alpha value is -1.51. The van der Waals surface area contributed by atoms with Crippen LogP contribution in [-0.2, 0) is 0 Å². The molecule has 0 bridgehead atoms. The first-order valence-corrected chi connectivity index (χ1v) is 3.13. The topological polar surface area (TPSA) is 25.8 Å². The maximum atomic E-state index is 12.5. The summed E-state index contributed by atoms with van der Waals surface area (Å²) >= 11 is 0. The molecular formula is C8H4FN2. The van der Waals surface area contributed by atoms with Crippen molar-refractivity contribution in [3.05, 3.63) is 36.4 Å². The molecule has 0 saturated carbocycles. The second-order valence-electron chi connectivity index (χ2n) is 2.14. The Kier molecular flexibility index (Phi) is 1.28. The molecule has 0 saturated heterocycles. The van der Waals surface area contributed by atoms with Crippen molar-refractivity contribution in [2.45, 2.75) is 0 Å². The molecule has 2 nitrogen and oxygen atoms in total. The van der Waals surface area contributed by atoms with Crippen molar-refractivity contribution in [2.75, 3.05) is 0 Å². The van der Waals surface area contributed by atoms with Gasteiger partial charge >= 0.3 is 0 Å². The third-order valence-electron chi connectivity index (χ3n) is 1.36. The number of fused-ring (bicyclic) bond motifs is 1. The van der Waals surface area contributed by atoms with E-state index in [0.717, 1.165) is 6.20 Å². The highest BCUT2D eigenvalue weighted by molar-refractivity contribution is 5.73. The largest absolute Gasteiger partial charge is 0.236 e. The second-order valence-corrected chi connectivity index (χ2v) is 2.14. The van der Waals surface area contributed by atoms with E-state index in [2.05, 4.69) is 16.0 Å². The molecule has 0 aliphatic heterocycles. The minimum absolute atomic E-state index is 0.348. The third kappa shape index (κ3) is 1.05. The summed E-state index contributed by atoms with van der Waals surface area (Å²) in [5.41, 5.74) is 0.546. The molecule has 0 spiro atoms. The normalized spacial score (nSPS) is 10.3. The number of hydrogen-bond donors (Lipinski definition) is 0. The highest BCUT2D eigenvalue weighted by atomic mass is 19.1. The van der Waals surface area contributed by atoms with E-state index in [9.17, 15) is 4.39 Å². The standard InChI is InChI=1S/C8H4FN2/c9-7-4-6-2-1-3-10-8(6)11-5-7/h2-5H. The van der Waals surface area contributed by atoms with Crippen LogP contribution in [0.15, 0.2) is 24.5 Å². The summed E-state index contributed by atoms with van der Waals surface area (Å²) in [6.45, 7) is 0. The van der Waals surface area contributed by atoms with Gasteiger partial charge < -0.3 is 0 Å². The summed E-state index contributed by atoms with van der Waals surface area (Å²) in [4.78, 5) is 7.66. The van der Waals surface area contributed by atoms with Gasteiger partial charge in [0.15, 0.2) is 5.65 Å². The lowest BCUT2D eigenvalue weighted by Crippen LogP contribution is -1.83. The van der Waals surface area contributed by atoms with Gasteiger partial charge in [-0.2, -0.15) is 0 Å². The maximum Gasteiger partial charge on any atom is 0.159 e. The van der Waals surface area contributed by atoms with E-state index in [1.165, 1.54) is 12.3 Å². The Morgan fingerprint density at radius 2 is 2.27 bits per heavy atom. The van der Waals surface area contributed by atoms with Gasteiger partial charge in [-0.1, -0.05) is 0 Å². The van der Waals surface area contributed by atoms with Crippen LogP contribution >= 0.6 is 0 Å². The summed E-state index contributed by atoms with van der Waals surface area (Å²) in [5.74, 6) is -0.348. The Morgan fingerprint density at radius 3 is 3.18 bits per heavy atom. The first-order chi connectivity index (χ1) is 5.36. The van der Waals surface area contributed by atoms with Gasteiger partial charge in [0.05, 0.1) is 6.20 Å². The van der Waals surface area contributed by atoms with Crippen LogP contribution in [0, 0.1) is 11.9 Å². The zero-order valence-corrected chi connectivity index (χ0v) is 5.58. The Morgan fingerprint density at radius 1 is 1.36 bits per heavy atom. The average Bonchev–Trinajstić information content (AvgIpc) is 2.04. The molecule has 0 aliphatic rings. The van der Waals surface area contributed by atoms with Gasteiger partial charge in [-0.15, -0.1) is 0 Å². The predicted octanol–water partition coefficient (Wildman–Crippen LogP) is 1.57. The molecule has 2 aromatic heterocycles. The Bertz CT molecular complexity index is 387. The van der Waals surface area contributed by atoms with Crippen molar-refractivity contribution in [3.63, 3.8) is 0 Å². The molecule has 53 valence electrons. The molecule has 0 aromatic carbocycles. The van der Waals surface area contributed by atoms with Gasteiger partial charge in [-0.05, 0) is 12.1 Å². The van der Waals surface area contributed by atoms with Crippen molar-refractivity contribution in [1.29, 1.82) is 0 Å². The second kappa shape index (κ2) is 2.27. The highest BCUT2D eigenvalue weighted by Crippen LogP contribution is 2.07. The molecular weight excluding hydrogens is 143 g/mol. The first-order valence-electron chi connectivity index (χ1n) is 3.13. The van der Waals surface area contributed by atoms with Crippen molar-refractivity contribution >= 4 is 11.0 Å². The monoisotopic (exact) mass is 147 g/mol. The lowest BCUT2D eigenvalue weighted by molar-refractivity contribution is 0.624. The van der Waals surface area contributed by atoms with E-state index >= 15 is 0 Å². The number of halogens is 1. The summed E-state index contributed by atoms with van der Waals surface area (Å²) in [7, 11) is 0. The quantitative estimate of drug-likeness (QED) is 0.565. The Labute approximate surface area is 62.7 Å². The van der Waals surface area contributed by atoms with Crippen molar-refractivity contribution in [2.24, 2.45) is 0 Å². The van der Waals surface area contributed by atoms with Crippen LogP contribution in [0.5, 0.6) is 0 Å². The predicted molar refractivity (Wildman–Crippen MR) is 38.3 cm³/mol. The van der Waals surface area contributed by atoms with Crippen LogP contribution in [-0.4, -0.2) is 9.97 Å². The van der Waals surface area contributed by atoms with Crippen LogP contribution in [0.4, 0.5) is 4.39 Å². The molecule has 0 aliphatic carbocycles. The van der Waals surface area contributed by atoms with Gasteiger partial charge in [-0.3, -0.25) is 0 Å². The lowest BCUT2D eigenvalue weighted by Gasteiger charge is -1.92. The molecule has 0 unspecified atom stereocenters. The summed E-state index contributed by atoms with van der Waals surface area (Å²) in [5, 5.41) is 0.674. The van der Waals surface area contributed by atoms with Crippen LogP contribution in [0.25, 0.3) is 11.0 Å². The number of rotatable bonds is 0. The van der Waals surface area contributed by atoms with Gasteiger partial charge in [0.25, 0.3) is 0 Å². The fourth-order valence-electron chi connectivity index (χ4n) is 0.887. The fraction of sp³-hybridized carbons (Fsp3) is 0. The Balaban J connectivity index is 2.83. The molecule has 2 heterocycles. The van der Waals surface area contributed by atoms with Gasteiger partial charge in [0.2, 0.25) is 0 Å². The zero-order valence-electron chi connectivity index (χ0n) is 5.58. The van der Waals surface area contributed by atoms with Crippen LogP contribution < -0.4 is 0 Å². The van der Waals surface area contributed by atoms with Crippen LogP contribution in [0.1, 0.15) is 0 Å². The van der Waals surface area contributed by atoms with Crippen LogP contribution in [0.2, 0.25) is 0 Å². The van der Waals surface area contributed by atoms with Gasteiger partial charge in [0.1, 0.15) is 5.82 Å². The molecule has 0 amide bonds. The zero-order chi connectivity index (χ0) is 7.68. The van der Waals surface area contributed by atoms with Crippen molar-refractivity contribution < 1.29 is 4.39 Å². The fourth-order valence-corrected chi connectivity index (χ4v) is 0.887. The summed E-state index contributed by atoms with van der Waals surface area (Å²) < 4.78 is 12.5. The van der Waals surface area contributed by atoms with E-state index in [4.69, 9.17) is 0 Å². The molecule has 3 heteroatoms. The minimum atomic E-state index is -0.348. The smallest absolute Gasteiger partial charge is 0.159 e. The molecule has 0 N–H and O–H groups in total. The SMILES string of the molecule is Fc1cnc2nc[c]cc2c1. The number of hydrogen-bond acceptors (Lipinski definition) is 2.